The van der Waals surface area contributed by atoms with E-state index in [2.05, 4.69) is 21.3 Å². The van der Waals surface area contributed by atoms with Crippen LogP contribution in [0.2, 0.25) is 0 Å². The molecule has 0 saturated heterocycles. The minimum absolute atomic E-state index is 0.427. The smallest absolute Gasteiger partial charge is 0.384 e. The van der Waals surface area contributed by atoms with Crippen LogP contribution in [0.3, 0.4) is 0 Å². The molecule has 0 fully saturated rings. The molecule has 0 aliphatic rings. The Morgan fingerprint density at radius 3 is 2.18 bits per heavy atom. The Morgan fingerprint density at radius 1 is 1.14 bits per heavy atom. The van der Waals surface area contributed by atoms with Gasteiger partial charge in [-0.15, -0.1) is 0 Å². The summed E-state index contributed by atoms with van der Waals surface area (Å²) < 4.78 is 14.1. The number of methoxy groups -OCH3 is 2. The highest BCUT2D eigenvalue weighted by Gasteiger charge is 2.36. The van der Waals surface area contributed by atoms with Crippen molar-refractivity contribution in [3.05, 3.63) is 12.3 Å². The number of nitrogens with zero attached hydrogens (tertiary/aromatic N) is 1. The van der Waals surface area contributed by atoms with Gasteiger partial charge in [-0.1, -0.05) is 0 Å². The first-order valence-electron chi connectivity index (χ1n) is 6.67. The van der Waals surface area contributed by atoms with E-state index in [0.717, 1.165) is 12.3 Å². The van der Waals surface area contributed by atoms with E-state index in [1.807, 2.05) is 0 Å². The zero-order valence-corrected chi connectivity index (χ0v) is 13.5. The van der Waals surface area contributed by atoms with Gasteiger partial charge in [-0.2, -0.15) is 0 Å². The van der Waals surface area contributed by atoms with Gasteiger partial charge in [0.2, 0.25) is 5.60 Å². The van der Waals surface area contributed by atoms with Gasteiger partial charge in [0.25, 0.3) is 5.91 Å². The highest BCUT2D eigenvalue weighted by molar-refractivity contribution is 5.93. The van der Waals surface area contributed by atoms with Crippen molar-refractivity contribution in [3.8, 4) is 11.8 Å². The molecular formula is C15H21NO6. The molecule has 22 heavy (non-hydrogen) atoms. The molecule has 1 amide bonds. The minimum atomic E-state index is -1.62. The molecule has 0 aliphatic heterocycles. The molecule has 1 atom stereocenters. The number of rotatable bonds is 6. The Morgan fingerprint density at radius 2 is 1.73 bits per heavy atom. The summed E-state index contributed by atoms with van der Waals surface area (Å²) in [5, 5.41) is 0. The molecule has 0 saturated carbocycles. The number of hydrogen-bond donors (Lipinski definition) is 0. The van der Waals surface area contributed by atoms with Crippen LogP contribution in [0.25, 0.3) is 0 Å². The van der Waals surface area contributed by atoms with E-state index >= 15 is 0 Å². The van der Waals surface area contributed by atoms with Crippen LogP contribution in [-0.2, 0) is 28.6 Å². The maximum absolute atomic E-state index is 12.5. The van der Waals surface area contributed by atoms with E-state index in [1.54, 1.807) is 13.8 Å². The SMILES string of the molecule is CCN(CC)C(=O)C(C)(C#CC(=O)OC)O/C=C/C(=O)OC. The van der Waals surface area contributed by atoms with E-state index in [-0.39, 0.29) is 0 Å². The predicted molar refractivity (Wildman–Crippen MR) is 78.4 cm³/mol. The van der Waals surface area contributed by atoms with Crippen LogP contribution >= 0.6 is 0 Å². The van der Waals surface area contributed by atoms with Gasteiger partial charge >= 0.3 is 11.9 Å². The molecule has 0 aromatic rings. The van der Waals surface area contributed by atoms with E-state index in [4.69, 9.17) is 4.74 Å². The number of hydrogen-bond acceptors (Lipinski definition) is 6. The second-order valence-corrected chi connectivity index (χ2v) is 4.20. The van der Waals surface area contributed by atoms with Gasteiger partial charge in [0.15, 0.2) is 0 Å². The molecule has 0 aromatic carbocycles. The van der Waals surface area contributed by atoms with E-state index in [1.165, 1.54) is 26.0 Å². The van der Waals surface area contributed by atoms with Crippen LogP contribution in [0.15, 0.2) is 12.3 Å². The highest BCUT2D eigenvalue weighted by atomic mass is 16.5. The van der Waals surface area contributed by atoms with Gasteiger partial charge in [0.1, 0.15) is 0 Å². The molecule has 0 spiro atoms. The number of likely N-dealkylation sites (N-methyl/N-ethyl adjacent to an activating group) is 1. The van der Waals surface area contributed by atoms with Crippen molar-refractivity contribution in [1.29, 1.82) is 0 Å². The number of carbonyl (C=O) groups excluding carboxylic acids is 3. The first-order valence-corrected chi connectivity index (χ1v) is 6.67. The molecular weight excluding hydrogens is 290 g/mol. The molecule has 0 bridgehead atoms. The van der Waals surface area contributed by atoms with E-state index < -0.39 is 23.4 Å². The largest absolute Gasteiger partial charge is 0.473 e. The zero-order valence-electron chi connectivity index (χ0n) is 13.5. The monoisotopic (exact) mass is 311 g/mol. The summed E-state index contributed by atoms with van der Waals surface area (Å²) in [5.74, 6) is 2.76. The van der Waals surface area contributed by atoms with Crippen molar-refractivity contribution >= 4 is 17.8 Å². The maximum atomic E-state index is 12.5. The number of esters is 2. The van der Waals surface area contributed by atoms with Crippen LogP contribution in [0.1, 0.15) is 20.8 Å². The van der Waals surface area contributed by atoms with Gasteiger partial charge in [-0.3, -0.25) is 4.79 Å². The van der Waals surface area contributed by atoms with Crippen LogP contribution in [-0.4, -0.2) is 55.7 Å². The molecule has 0 aliphatic carbocycles. The fourth-order valence-corrected chi connectivity index (χ4v) is 1.46. The summed E-state index contributed by atoms with van der Waals surface area (Å²) >= 11 is 0. The fourth-order valence-electron chi connectivity index (χ4n) is 1.46. The summed E-state index contributed by atoms with van der Waals surface area (Å²) in [6, 6.07) is 0. The number of carbonyl (C=O) groups is 3. The molecule has 7 heteroatoms. The molecule has 0 N–H and O–H groups in total. The lowest BCUT2D eigenvalue weighted by molar-refractivity contribution is -0.145. The van der Waals surface area contributed by atoms with Crippen molar-refractivity contribution in [3.63, 3.8) is 0 Å². The van der Waals surface area contributed by atoms with Crippen LogP contribution < -0.4 is 0 Å². The Bertz CT molecular complexity index is 498. The minimum Gasteiger partial charge on any atom is -0.473 e. The van der Waals surface area contributed by atoms with Gasteiger partial charge in [-0.05, 0) is 26.7 Å². The second kappa shape index (κ2) is 9.45. The molecule has 0 heterocycles. The van der Waals surface area contributed by atoms with Gasteiger partial charge < -0.3 is 19.1 Å². The van der Waals surface area contributed by atoms with Crippen molar-refractivity contribution in [1.82, 2.24) is 4.90 Å². The first-order chi connectivity index (χ1) is 10.3. The molecule has 1 unspecified atom stereocenters. The predicted octanol–water partition coefficient (Wildman–Crippen LogP) is 0.493. The average Bonchev–Trinajstić information content (AvgIpc) is 2.53. The lowest BCUT2D eigenvalue weighted by Crippen LogP contribution is -2.47. The van der Waals surface area contributed by atoms with Crippen LogP contribution in [0, 0.1) is 11.8 Å². The third kappa shape index (κ3) is 5.87. The maximum Gasteiger partial charge on any atom is 0.384 e. The van der Waals surface area contributed by atoms with Crippen LogP contribution in [0.5, 0.6) is 0 Å². The van der Waals surface area contributed by atoms with Gasteiger partial charge in [0.05, 0.1) is 26.6 Å². The summed E-state index contributed by atoms with van der Waals surface area (Å²) in [5.41, 5.74) is -1.62. The first kappa shape index (κ1) is 19.5. The van der Waals surface area contributed by atoms with E-state index in [9.17, 15) is 14.4 Å². The Labute approximate surface area is 130 Å². The average molecular weight is 311 g/mol. The highest BCUT2D eigenvalue weighted by Crippen LogP contribution is 2.14. The third-order valence-electron chi connectivity index (χ3n) is 2.76. The van der Waals surface area contributed by atoms with E-state index in [0.29, 0.717) is 13.1 Å². The molecule has 0 rings (SSSR count). The molecule has 122 valence electrons. The lowest BCUT2D eigenvalue weighted by Gasteiger charge is -2.28. The lowest BCUT2D eigenvalue weighted by atomic mass is 10.1. The Hall–Kier alpha value is -2.49. The van der Waals surface area contributed by atoms with Gasteiger partial charge in [-0.25, -0.2) is 9.59 Å². The zero-order chi connectivity index (χ0) is 17.2. The Kier molecular flexibility index (Phi) is 8.38. The molecule has 0 radical (unpaired) electrons. The summed E-state index contributed by atoms with van der Waals surface area (Å²) in [6.45, 7) is 5.93. The molecule has 0 aromatic heterocycles. The van der Waals surface area contributed by atoms with Crippen molar-refractivity contribution < 1.29 is 28.6 Å². The summed E-state index contributed by atoms with van der Waals surface area (Å²) in [6.07, 6.45) is 2.02. The number of ether oxygens (including phenoxy) is 3. The quantitative estimate of drug-likeness (QED) is 0.233. The Balaban J connectivity index is 5.40. The van der Waals surface area contributed by atoms with Crippen molar-refractivity contribution in [2.75, 3.05) is 27.3 Å². The normalized spacial score (nSPS) is 12.6. The summed E-state index contributed by atoms with van der Waals surface area (Å²) in [4.78, 5) is 36.1. The topological polar surface area (TPSA) is 82.1 Å². The number of amides is 1. The second-order valence-electron chi connectivity index (χ2n) is 4.20. The third-order valence-corrected chi connectivity index (χ3v) is 2.76. The van der Waals surface area contributed by atoms with Crippen molar-refractivity contribution in [2.45, 2.75) is 26.4 Å². The summed E-state index contributed by atoms with van der Waals surface area (Å²) in [7, 11) is 2.39. The van der Waals surface area contributed by atoms with Gasteiger partial charge in [0, 0.05) is 19.0 Å². The standard InChI is InChI=1S/C15H21NO6/c1-6-16(7-2)14(19)15(3,10-8-12(17)20-4)22-11-9-13(18)21-5/h9,11H,6-7H2,1-5H3/b11-9+. The fraction of sp³-hybridized carbons (Fsp3) is 0.533. The van der Waals surface area contributed by atoms with Crippen molar-refractivity contribution in [2.24, 2.45) is 0 Å². The molecule has 7 nitrogen and oxygen atoms in total. The van der Waals surface area contributed by atoms with Crippen LogP contribution in [0.4, 0.5) is 0 Å².